The van der Waals surface area contributed by atoms with Crippen LogP contribution in [0.1, 0.15) is 66.2 Å². The molecule has 0 nitrogen and oxygen atoms in total. The molecule has 0 spiro atoms. The zero-order valence-corrected chi connectivity index (χ0v) is 18.0. The summed E-state index contributed by atoms with van der Waals surface area (Å²) in [5.41, 5.74) is 3.23. The fourth-order valence-corrected chi connectivity index (χ4v) is 15.4. The van der Waals surface area contributed by atoms with E-state index in [1.54, 1.807) is 10.6 Å². The van der Waals surface area contributed by atoms with Gasteiger partial charge in [-0.15, -0.1) is 0 Å². The first-order valence-electron chi connectivity index (χ1n) is 9.96. The Balaban J connectivity index is 2.16. The van der Waals surface area contributed by atoms with Gasteiger partial charge in [0.1, 0.15) is 10.6 Å². The summed E-state index contributed by atoms with van der Waals surface area (Å²) >= 11 is 0. The summed E-state index contributed by atoms with van der Waals surface area (Å²) in [6, 6.07) is 9.48. The second-order valence-corrected chi connectivity index (χ2v) is 16.2. The molecule has 2 fully saturated rings. The first-order valence-corrected chi connectivity index (χ1v) is 14.2. The quantitative estimate of drug-likeness (QED) is 0.425. The van der Waals surface area contributed by atoms with Crippen LogP contribution in [0.5, 0.6) is 0 Å². The van der Waals surface area contributed by atoms with E-state index in [0.717, 1.165) is 22.6 Å². The second kappa shape index (κ2) is 7.00. The van der Waals surface area contributed by atoms with Crippen LogP contribution in [0.4, 0.5) is 0 Å². The monoisotopic (exact) mass is 362 g/mol. The van der Waals surface area contributed by atoms with E-state index in [2.05, 4.69) is 52.0 Å². The van der Waals surface area contributed by atoms with Crippen molar-refractivity contribution in [1.82, 2.24) is 0 Å². The lowest BCUT2D eigenvalue weighted by molar-refractivity contribution is 0.696. The van der Waals surface area contributed by atoms with Crippen LogP contribution >= 0.6 is 14.5 Å². The minimum absolute atomic E-state index is 0.781. The Labute approximate surface area is 151 Å². The molecule has 2 heteroatoms. The highest BCUT2D eigenvalue weighted by Crippen LogP contribution is 2.76. The van der Waals surface area contributed by atoms with E-state index in [4.69, 9.17) is 13.3 Å². The number of hydrogen-bond donors (Lipinski definition) is 0. The fraction of sp³-hybridized carbons (Fsp3) is 0.636. The van der Waals surface area contributed by atoms with Crippen molar-refractivity contribution < 1.29 is 0 Å². The van der Waals surface area contributed by atoms with Gasteiger partial charge < -0.3 is 0 Å². The number of hydrogen-bond acceptors (Lipinski definition) is 0. The smallest absolute Gasteiger partial charge is 0.104 e. The molecule has 4 atom stereocenters. The summed E-state index contributed by atoms with van der Waals surface area (Å²) in [5, 5.41) is 3.36. The van der Waals surface area contributed by atoms with E-state index in [0.29, 0.717) is 0 Å². The lowest BCUT2D eigenvalue weighted by atomic mass is 10.1. The van der Waals surface area contributed by atoms with Crippen molar-refractivity contribution >= 4 is 25.1 Å². The van der Waals surface area contributed by atoms with Crippen LogP contribution in [0.2, 0.25) is 0 Å². The van der Waals surface area contributed by atoms with E-state index < -0.39 is 14.5 Å². The predicted octanol–water partition coefficient (Wildman–Crippen LogP) is 6.48. The molecule has 2 saturated heterocycles. The Bertz CT molecular complexity index is 557. The van der Waals surface area contributed by atoms with Crippen molar-refractivity contribution in [1.29, 1.82) is 0 Å². The fourth-order valence-electron chi connectivity index (χ4n) is 5.62. The zero-order chi connectivity index (χ0) is 17.5. The molecule has 0 N–H and O–H groups in total. The third-order valence-corrected chi connectivity index (χ3v) is 17.7. The maximum atomic E-state index is 5.06. The van der Waals surface area contributed by atoms with Crippen LogP contribution in [-0.4, -0.2) is 22.6 Å². The van der Waals surface area contributed by atoms with Crippen molar-refractivity contribution in [3.05, 3.63) is 37.6 Å². The molecule has 2 heterocycles. The maximum Gasteiger partial charge on any atom is 0.104 e. The third kappa shape index (κ3) is 2.63. The third-order valence-electron chi connectivity index (χ3n) is 7.43. The highest BCUT2D eigenvalue weighted by molar-refractivity contribution is 7.91. The SMILES string of the molecule is [CH2-][P+]1(c2ccccc2[P+]2([CH2-])[C@H](C)CC[C@H]2C)[C@H](CC)CC[C@H]1CC. The van der Waals surface area contributed by atoms with Gasteiger partial charge in [-0.1, -0.05) is 40.5 Å². The highest BCUT2D eigenvalue weighted by atomic mass is 31.2. The Kier molecular flexibility index (Phi) is 5.50. The molecular formula is C22H36P2. The van der Waals surface area contributed by atoms with Crippen LogP contribution in [0.15, 0.2) is 24.3 Å². The minimum atomic E-state index is -1.34. The topological polar surface area (TPSA) is 0 Å². The largest absolute Gasteiger partial charge is 0.174 e. The molecule has 0 unspecified atom stereocenters. The summed E-state index contributed by atoms with van der Waals surface area (Å²) in [5.74, 6) is 0. The van der Waals surface area contributed by atoms with Crippen molar-refractivity contribution in [3.8, 4) is 0 Å². The lowest BCUT2D eigenvalue weighted by Crippen LogP contribution is -2.37. The molecule has 1 aromatic rings. The van der Waals surface area contributed by atoms with Gasteiger partial charge in [-0.3, -0.25) is 0 Å². The second-order valence-electron chi connectivity index (χ2n) is 8.33. The van der Waals surface area contributed by atoms with Crippen LogP contribution in [0, 0.1) is 13.3 Å². The van der Waals surface area contributed by atoms with Gasteiger partial charge in [0.15, 0.2) is 0 Å². The Morgan fingerprint density at radius 1 is 0.792 bits per heavy atom. The molecule has 0 radical (unpaired) electrons. The van der Waals surface area contributed by atoms with Crippen molar-refractivity contribution in [2.45, 2.75) is 88.9 Å². The molecule has 0 aromatic heterocycles. The van der Waals surface area contributed by atoms with Gasteiger partial charge >= 0.3 is 0 Å². The summed E-state index contributed by atoms with van der Waals surface area (Å²) in [6.45, 7) is 19.7. The molecule has 2 aliphatic rings. The first-order chi connectivity index (χ1) is 11.4. The maximum absolute atomic E-state index is 5.06. The summed E-state index contributed by atoms with van der Waals surface area (Å²) in [7, 11) is -2.66. The molecular weight excluding hydrogens is 326 g/mol. The number of benzene rings is 1. The van der Waals surface area contributed by atoms with Gasteiger partial charge in [0, 0.05) is 22.6 Å². The average molecular weight is 362 g/mol. The molecule has 2 aliphatic heterocycles. The van der Waals surface area contributed by atoms with E-state index in [1.807, 2.05) is 0 Å². The van der Waals surface area contributed by atoms with E-state index in [9.17, 15) is 0 Å². The average Bonchev–Trinajstić information content (AvgIpc) is 3.07. The van der Waals surface area contributed by atoms with Gasteiger partial charge in [0.05, 0.1) is 0 Å². The van der Waals surface area contributed by atoms with E-state index in [-0.39, 0.29) is 0 Å². The summed E-state index contributed by atoms with van der Waals surface area (Å²) in [4.78, 5) is 0. The van der Waals surface area contributed by atoms with E-state index >= 15 is 0 Å². The van der Waals surface area contributed by atoms with Crippen LogP contribution in [-0.2, 0) is 0 Å². The molecule has 1 aromatic carbocycles. The van der Waals surface area contributed by atoms with Crippen molar-refractivity contribution in [2.75, 3.05) is 0 Å². The molecule has 0 saturated carbocycles. The summed E-state index contributed by atoms with van der Waals surface area (Å²) < 4.78 is 0. The molecule has 24 heavy (non-hydrogen) atoms. The Hall–Kier alpha value is 0.0800. The minimum Gasteiger partial charge on any atom is -0.174 e. The van der Waals surface area contributed by atoms with E-state index in [1.165, 1.54) is 38.5 Å². The first kappa shape index (κ1) is 18.9. The Morgan fingerprint density at radius 3 is 1.62 bits per heavy atom. The van der Waals surface area contributed by atoms with Crippen molar-refractivity contribution in [3.63, 3.8) is 0 Å². The Morgan fingerprint density at radius 2 is 1.21 bits per heavy atom. The molecule has 0 bridgehead atoms. The number of rotatable bonds is 4. The predicted molar refractivity (Wildman–Crippen MR) is 116 cm³/mol. The van der Waals surface area contributed by atoms with Gasteiger partial charge in [-0.2, -0.15) is 13.3 Å². The lowest BCUT2D eigenvalue weighted by Gasteiger charge is -2.42. The van der Waals surface area contributed by atoms with Crippen LogP contribution in [0.25, 0.3) is 0 Å². The molecule has 3 rings (SSSR count). The molecule has 0 aliphatic carbocycles. The zero-order valence-electron chi connectivity index (χ0n) is 16.2. The van der Waals surface area contributed by atoms with Crippen LogP contribution in [0.3, 0.4) is 0 Å². The van der Waals surface area contributed by atoms with Crippen LogP contribution < -0.4 is 10.6 Å². The van der Waals surface area contributed by atoms with Gasteiger partial charge in [-0.05, 0) is 64.5 Å². The molecule has 0 amide bonds. The van der Waals surface area contributed by atoms with Crippen molar-refractivity contribution in [2.24, 2.45) is 0 Å². The van der Waals surface area contributed by atoms with Gasteiger partial charge in [-0.25, -0.2) is 0 Å². The normalized spacial score (nSPS) is 34.6. The molecule has 134 valence electrons. The summed E-state index contributed by atoms with van der Waals surface area (Å²) in [6.07, 6.45) is 8.13. The standard InChI is InChI=1S/C22H36P2/c1-7-19-15-16-20(8-2)24(19,6)22-12-10-9-11-21(22)23(5)17(3)13-14-18(23)4/h9-12,17-20H,5-8,13-16H2,1-4H3/t17-,18-,19-,20-/m1/s1. The van der Waals surface area contributed by atoms with Gasteiger partial charge in [0.2, 0.25) is 0 Å². The van der Waals surface area contributed by atoms with Gasteiger partial charge in [0.25, 0.3) is 0 Å². The highest BCUT2D eigenvalue weighted by Gasteiger charge is 2.53.